The maximum absolute atomic E-state index is 12.7. The molecule has 1 aliphatic rings. The first kappa shape index (κ1) is 18.9. The molecule has 3 rings (SSSR count). The zero-order valence-electron chi connectivity index (χ0n) is 14.4. The second-order valence-electron chi connectivity index (χ2n) is 6.42. The van der Waals surface area contributed by atoms with Gasteiger partial charge in [0, 0.05) is 37.9 Å². The number of nitrogens with one attached hydrogen (secondary N) is 1. The number of piperidine rings is 1. The molecule has 140 valence electrons. The van der Waals surface area contributed by atoms with Crippen LogP contribution in [0.4, 0.5) is 0 Å². The van der Waals surface area contributed by atoms with Gasteiger partial charge in [-0.2, -0.15) is 4.31 Å². The molecule has 1 aromatic carbocycles. The van der Waals surface area contributed by atoms with Crippen LogP contribution >= 0.6 is 11.6 Å². The minimum atomic E-state index is -3.67. The Morgan fingerprint density at radius 2 is 2.08 bits per heavy atom. The van der Waals surface area contributed by atoms with Crippen molar-refractivity contribution in [1.29, 1.82) is 0 Å². The fourth-order valence-electron chi connectivity index (χ4n) is 2.96. The third-order valence-corrected chi connectivity index (χ3v) is 6.42. The van der Waals surface area contributed by atoms with Crippen molar-refractivity contribution in [2.45, 2.75) is 24.4 Å². The zero-order valence-corrected chi connectivity index (χ0v) is 16.0. The van der Waals surface area contributed by atoms with Gasteiger partial charge in [0.25, 0.3) is 10.0 Å². The van der Waals surface area contributed by atoms with Gasteiger partial charge in [-0.25, -0.2) is 13.4 Å². The number of nitrogens with zero attached hydrogens (tertiary/aromatic N) is 3. The first-order valence-electron chi connectivity index (χ1n) is 8.36. The lowest BCUT2D eigenvalue weighted by atomic mass is 9.99. The van der Waals surface area contributed by atoms with Crippen molar-refractivity contribution in [3.63, 3.8) is 0 Å². The summed E-state index contributed by atoms with van der Waals surface area (Å²) in [5.41, 5.74) is 0.941. The molecule has 1 saturated heterocycles. The largest absolute Gasteiger partial charge is 0.352 e. The number of halogens is 1. The SMILES string of the molecule is Cn1cnc(S(=O)(=O)N2CCC[C@@H](C(=O)NCc3ccc(Cl)cc3)C2)c1. The van der Waals surface area contributed by atoms with Gasteiger partial charge in [-0.15, -0.1) is 0 Å². The van der Waals surface area contributed by atoms with Crippen molar-refractivity contribution >= 4 is 27.5 Å². The number of aromatic nitrogens is 2. The number of carbonyl (C=O) groups excluding carboxylic acids is 1. The predicted octanol–water partition coefficient (Wildman–Crippen LogP) is 1.79. The van der Waals surface area contributed by atoms with Crippen LogP contribution in [0, 0.1) is 5.92 Å². The van der Waals surface area contributed by atoms with E-state index in [-0.39, 0.29) is 23.4 Å². The molecule has 0 saturated carbocycles. The van der Waals surface area contributed by atoms with Gasteiger partial charge in [-0.1, -0.05) is 23.7 Å². The minimum absolute atomic E-state index is 0.0159. The smallest absolute Gasteiger partial charge is 0.262 e. The molecule has 0 radical (unpaired) electrons. The molecule has 1 aliphatic heterocycles. The lowest BCUT2D eigenvalue weighted by Gasteiger charge is -2.30. The number of sulfonamides is 1. The Morgan fingerprint density at radius 3 is 2.73 bits per heavy atom. The normalized spacial score (nSPS) is 18.6. The molecule has 0 bridgehead atoms. The standard InChI is InChI=1S/C17H21ClN4O3S/c1-21-11-16(20-12-21)26(24,25)22-8-2-3-14(10-22)17(23)19-9-13-4-6-15(18)7-5-13/h4-7,11-12,14H,2-3,8-10H2,1H3,(H,19,23)/t14-/m1/s1. The lowest BCUT2D eigenvalue weighted by Crippen LogP contribution is -2.45. The quantitative estimate of drug-likeness (QED) is 0.835. The van der Waals surface area contributed by atoms with Crippen molar-refractivity contribution in [2.24, 2.45) is 13.0 Å². The number of aryl methyl sites for hydroxylation is 1. The minimum Gasteiger partial charge on any atom is -0.352 e. The van der Waals surface area contributed by atoms with Crippen LogP contribution in [-0.2, 0) is 28.4 Å². The highest BCUT2D eigenvalue weighted by atomic mass is 35.5. The summed E-state index contributed by atoms with van der Waals surface area (Å²) < 4.78 is 28.3. The topological polar surface area (TPSA) is 84.3 Å². The fourth-order valence-corrected chi connectivity index (χ4v) is 4.58. The van der Waals surface area contributed by atoms with Gasteiger partial charge in [-0.3, -0.25) is 4.79 Å². The van der Waals surface area contributed by atoms with Crippen LogP contribution in [0.2, 0.25) is 5.02 Å². The first-order chi connectivity index (χ1) is 12.4. The van der Waals surface area contributed by atoms with Gasteiger partial charge >= 0.3 is 0 Å². The third kappa shape index (κ3) is 4.25. The second-order valence-corrected chi connectivity index (χ2v) is 8.75. The number of imidazole rings is 1. The van der Waals surface area contributed by atoms with Crippen LogP contribution in [0.3, 0.4) is 0 Å². The van der Waals surface area contributed by atoms with Gasteiger partial charge in [0.1, 0.15) is 0 Å². The van der Waals surface area contributed by atoms with Crippen molar-refractivity contribution in [2.75, 3.05) is 13.1 Å². The molecule has 0 unspecified atom stereocenters. The molecule has 2 aromatic rings. The molecule has 1 N–H and O–H groups in total. The Morgan fingerprint density at radius 1 is 1.35 bits per heavy atom. The summed E-state index contributed by atoms with van der Waals surface area (Å²) in [6.45, 7) is 0.963. The number of hydrogen-bond acceptors (Lipinski definition) is 4. The van der Waals surface area contributed by atoms with Gasteiger partial charge in [-0.05, 0) is 30.5 Å². The molecular formula is C17H21ClN4O3S. The second kappa shape index (κ2) is 7.77. The first-order valence-corrected chi connectivity index (χ1v) is 10.2. The highest BCUT2D eigenvalue weighted by Gasteiger charge is 2.34. The molecule has 1 fully saturated rings. The van der Waals surface area contributed by atoms with E-state index < -0.39 is 10.0 Å². The highest BCUT2D eigenvalue weighted by molar-refractivity contribution is 7.89. The summed E-state index contributed by atoms with van der Waals surface area (Å²) in [6, 6.07) is 7.23. The Kier molecular flexibility index (Phi) is 5.64. The van der Waals surface area contributed by atoms with E-state index in [4.69, 9.17) is 11.6 Å². The molecule has 1 amide bonds. The molecule has 1 atom stereocenters. The van der Waals surface area contributed by atoms with Crippen molar-refractivity contribution < 1.29 is 13.2 Å². The Hall–Kier alpha value is -1.90. The van der Waals surface area contributed by atoms with Crippen molar-refractivity contribution in [1.82, 2.24) is 19.2 Å². The summed E-state index contributed by atoms with van der Waals surface area (Å²) in [6.07, 6.45) is 4.23. The summed E-state index contributed by atoms with van der Waals surface area (Å²) in [5.74, 6) is -0.504. The summed E-state index contributed by atoms with van der Waals surface area (Å²) >= 11 is 5.85. The molecule has 9 heteroatoms. The molecule has 0 spiro atoms. The molecule has 7 nitrogen and oxygen atoms in total. The number of carbonyl (C=O) groups is 1. The van der Waals surface area contributed by atoms with Crippen LogP contribution in [-0.4, -0.2) is 41.3 Å². The average Bonchev–Trinajstić information content (AvgIpc) is 3.08. The number of rotatable bonds is 5. The van der Waals surface area contributed by atoms with Crippen LogP contribution < -0.4 is 5.32 Å². The number of hydrogen-bond donors (Lipinski definition) is 1. The van der Waals surface area contributed by atoms with Crippen LogP contribution in [0.1, 0.15) is 18.4 Å². The Balaban J connectivity index is 1.62. The molecule has 1 aromatic heterocycles. The molecular weight excluding hydrogens is 376 g/mol. The monoisotopic (exact) mass is 396 g/mol. The van der Waals surface area contributed by atoms with E-state index >= 15 is 0 Å². The van der Waals surface area contributed by atoms with E-state index in [1.165, 1.54) is 16.8 Å². The maximum Gasteiger partial charge on any atom is 0.262 e. The van der Waals surface area contributed by atoms with Gasteiger partial charge < -0.3 is 9.88 Å². The van der Waals surface area contributed by atoms with Crippen molar-refractivity contribution in [3.8, 4) is 0 Å². The zero-order chi connectivity index (χ0) is 18.7. The number of benzene rings is 1. The summed E-state index contributed by atoms with van der Waals surface area (Å²) in [5, 5.41) is 3.54. The van der Waals surface area contributed by atoms with E-state index in [1.807, 2.05) is 12.1 Å². The van der Waals surface area contributed by atoms with Crippen LogP contribution in [0.25, 0.3) is 0 Å². The van der Waals surface area contributed by atoms with Gasteiger partial charge in [0.15, 0.2) is 5.03 Å². The van der Waals surface area contributed by atoms with E-state index in [2.05, 4.69) is 10.3 Å². The van der Waals surface area contributed by atoms with E-state index in [9.17, 15) is 13.2 Å². The molecule has 0 aliphatic carbocycles. The third-order valence-electron chi connectivity index (χ3n) is 4.42. The number of amides is 1. The fraction of sp³-hybridized carbons (Fsp3) is 0.412. The van der Waals surface area contributed by atoms with Crippen molar-refractivity contribution in [3.05, 3.63) is 47.4 Å². The summed E-state index contributed by atoms with van der Waals surface area (Å²) in [4.78, 5) is 16.4. The van der Waals surface area contributed by atoms with Crippen LogP contribution in [0.5, 0.6) is 0 Å². The lowest BCUT2D eigenvalue weighted by molar-refractivity contribution is -0.126. The van der Waals surface area contributed by atoms with E-state index in [0.29, 0.717) is 31.0 Å². The van der Waals surface area contributed by atoms with Crippen LogP contribution in [0.15, 0.2) is 41.8 Å². The van der Waals surface area contributed by atoms with E-state index in [1.54, 1.807) is 23.7 Å². The average molecular weight is 397 g/mol. The molecule has 26 heavy (non-hydrogen) atoms. The van der Waals surface area contributed by atoms with E-state index in [0.717, 1.165) is 5.56 Å². The van der Waals surface area contributed by atoms with Gasteiger partial charge in [0.05, 0.1) is 12.2 Å². The molecule has 2 heterocycles. The maximum atomic E-state index is 12.7. The highest BCUT2D eigenvalue weighted by Crippen LogP contribution is 2.23. The Labute approximate surface area is 158 Å². The predicted molar refractivity (Wildman–Crippen MR) is 98.0 cm³/mol. The van der Waals surface area contributed by atoms with Gasteiger partial charge in [0.2, 0.25) is 5.91 Å². The summed E-state index contributed by atoms with van der Waals surface area (Å²) in [7, 11) is -1.96. The Bertz CT molecular complexity index is 880.